The molecule has 68 valence electrons. The van der Waals surface area contributed by atoms with Gasteiger partial charge in [0.15, 0.2) is 3.79 Å². The van der Waals surface area contributed by atoms with E-state index in [0.717, 1.165) is 12.8 Å². The Bertz CT molecular complexity index is 178. The molecule has 2 amide bonds. The van der Waals surface area contributed by atoms with Gasteiger partial charge in [0.2, 0.25) is 0 Å². The van der Waals surface area contributed by atoms with E-state index in [4.69, 9.17) is 5.73 Å². The molecule has 1 rings (SSSR count). The highest BCUT2D eigenvalue weighted by Crippen LogP contribution is 2.20. The lowest BCUT2D eigenvalue weighted by Crippen LogP contribution is -2.42. The number of amides is 2. The maximum atomic E-state index is 10.9. The number of nitrogens with two attached hydrogens (primary N) is 1. The number of urea groups is 1. The van der Waals surface area contributed by atoms with Crippen molar-refractivity contribution in [2.75, 3.05) is 13.1 Å². The number of rotatable bonds is 1. The molecule has 5 heteroatoms. The third-order valence-electron chi connectivity index (χ3n) is 2.13. The van der Waals surface area contributed by atoms with E-state index in [1.165, 1.54) is 0 Å². The zero-order chi connectivity index (χ0) is 9.14. The van der Waals surface area contributed by atoms with Crippen LogP contribution < -0.4 is 5.73 Å². The van der Waals surface area contributed by atoms with Crippen LogP contribution in [0.1, 0.15) is 12.8 Å². The summed E-state index contributed by atoms with van der Waals surface area (Å²) in [5.74, 6) is 0.126. The van der Waals surface area contributed by atoms with Crippen molar-refractivity contribution >= 4 is 32.4 Å². The van der Waals surface area contributed by atoms with Crippen LogP contribution >= 0.6 is 22.6 Å². The lowest BCUT2D eigenvalue weighted by molar-refractivity contribution is -0.113. The molecule has 0 aliphatic carbocycles. The second-order valence-electron chi connectivity index (χ2n) is 2.90. The Morgan fingerprint density at radius 2 is 1.83 bits per heavy atom. The third kappa shape index (κ3) is 2.33. The Kier molecular flexibility index (Phi) is 3.30. The van der Waals surface area contributed by atoms with Crippen LogP contribution in [0.4, 0.5) is 4.79 Å². The van der Waals surface area contributed by atoms with Crippen molar-refractivity contribution in [3.63, 3.8) is 0 Å². The number of likely N-dealkylation sites (tertiary alicyclic amines) is 1. The van der Waals surface area contributed by atoms with Crippen LogP contribution in [0, 0.1) is 5.92 Å². The molecule has 0 saturated carbocycles. The second kappa shape index (κ2) is 4.06. The van der Waals surface area contributed by atoms with Crippen LogP contribution in [0.2, 0.25) is 0 Å². The van der Waals surface area contributed by atoms with Crippen molar-refractivity contribution in [3.05, 3.63) is 0 Å². The van der Waals surface area contributed by atoms with E-state index < -0.39 is 0 Å². The largest absolute Gasteiger partial charge is 0.351 e. The van der Waals surface area contributed by atoms with Gasteiger partial charge in [0.1, 0.15) is 0 Å². The van der Waals surface area contributed by atoms with E-state index in [2.05, 4.69) is 0 Å². The number of piperidine rings is 1. The molecule has 1 saturated heterocycles. The molecule has 12 heavy (non-hydrogen) atoms. The normalized spacial score (nSPS) is 19.2. The Morgan fingerprint density at radius 3 is 2.17 bits per heavy atom. The Labute approximate surface area is 84.6 Å². The summed E-state index contributed by atoms with van der Waals surface area (Å²) >= 11 is 1.81. The van der Waals surface area contributed by atoms with Crippen molar-refractivity contribution in [1.29, 1.82) is 0 Å². The van der Waals surface area contributed by atoms with Gasteiger partial charge in [-0.1, -0.05) is 0 Å². The Balaban J connectivity index is 2.39. The first-order valence-electron chi connectivity index (χ1n) is 3.85. The number of carbonyl (C=O) groups excluding carboxylic acids is 2. The average Bonchev–Trinajstić information content (AvgIpc) is 2.04. The molecule has 1 heterocycles. The SMILES string of the molecule is NC(=O)N1CCC(C(=O)I)CC1. The number of hydrogen-bond acceptors (Lipinski definition) is 2. The quantitative estimate of drug-likeness (QED) is 0.569. The van der Waals surface area contributed by atoms with Gasteiger partial charge >= 0.3 is 6.03 Å². The molecule has 0 spiro atoms. The summed E-state index contributed by atoms with van der Waals surface area (Å²) in [7, 11) is 0. The average molecular weight is 282 g/mol. The minimum Gasteiger partial charge on any atom is -0.351 e. The minimum absolute atomic E-state index is 0.126. The highest BCUT2D eigenvalue weighted by atomic mass is 127. The van der Waals surface area contributed by atoms with Gasteiger partial charge in [-0.25, -0.2) is 4.79 Å². The van der Waals surface area contributed by atoms with Crippen molar-refractivity contribution in [2.45, 2.75) is 12.8 Å². The van der Waals surface area contributed by atoms with Crippen LogP contribution in [0.25, 0.3) is 0 Å². The standard InChI is InChI=1S/C7H11IN2O2/c8-6(11)5-1-3-10(4-2-5)7(9)12/h5H,1-4H2,(H2,9,12). The maximum Gasteiger partial charge on any atom is 0.314 e. The fourth-order valence-corrected chi connectivity index (χ4v) is 1.95. The van der Waals surface area contributed by atoms with Gasteiger partial charge < -0.3 is 10.6 Å². The summed E-state index contributed by atoms with van der Waals surface area (Å²) < 4.78 is 0.191. The molecule has 1 fully saturated rings. The molecule has 0 atom stereocenters. The molecule has 0 unspecified atom stereocenters. The number of hydrogen-bond donors (Lipinski definition) is 1. The highest BCUT2D eigenvalue weighted by Gasteiger charge is 2.24. The molecule has 0 aromatic heterocycles. The minimum atomic E-state index is -0.380. The fourth-order valence-electron chi connectivity index (χ4n) is 1.33. The number of nitrogens with zero attached hydrogens (tertiary/aromatic N) is 1. The van der Waals surface area contributed by atoms with Crippen LogP contribution in [-0.2, 0) is 4.79 Å². The molecule has 2 N–H and O–H groups in total. The van der Waals surface area contributed by atoms with Gasteiger partial charge in [0.05, 0.1) is 0 Å². The monoisotopic (exact) mass is 282 g/mol. The molecule has 0 bridgehead atoms. The summed E-state index contributed by atoms with van der Waals surface area (Å²) in [5, 5.41) is 0. The topological polar surface area (TPSA) is 63.4 Å². The van der Waals surface area contributed by atoms with Crippen LogP contribution in [0.5, 0.6) is 0 Å². The molecular weight excluding hydrogens is 271 g/mol. The van der Waals surface area contributed by atoms with Gasteiger partial charge in [-0.3, -0.25) is 4.79 Å². The van der Waals surface area contributed by atoms with E-state index in [0.29, 0.717) is 13.1 Å². The second-order valence-corrected chi connectivity index (χ2v) is 3.97. The van der Waals surface area contributed by atoms with Gasteiger partial charge in [-0.2, -0.15) is 0 Å². The summed E-state index contributed by atoms with van der Waals surface area (Å²) in [6.45, 7) is 1.24. The van der Waals surface area contributed by atoms with Gasteiger partial charge in [-0.15, -0.1) is 0 Å². The summed E-state index contributed by atoms with van der Waals surface area (Å²) in [6.07, 6.45) is 1.51. The Hall–Kier alpha value is -0.330. The van der Waals surface area contributed by atoms with Crippen molar-refractivity contribution in [1.82, 2.24) is 4.90 Å². The fraction of sp³-hybridized carbons (Fsp3) is 0.714. The maximum absolute atomic E-state index is 10.9. The molecule has 0 radical (unpaired) electrons. The van der Waals surface area contributed by atoms with Crippen LogP contribution in [-0.4, -0.2) is 27.8 Å². The van der Waals surface area contributed by atoms with Crippen molar-refractivity contribution in [2.24, 2.45) is 11.7 Å². The Morgan fingerprint density at radius 1 is 1.33 bits per heavy atom. The molecule has 4 nitrogen and oxygen atoms in total. The van der Waals surface area contributed by atoms with Crippen molar-refractivity contribution in [3.8, 4) is 0 Å². The number of carbonyl (C=O) groups is 2. The molecule has 0 aromatic rings. The van der Waals surface area contributed by atoms with E-state index >= 15 is 0 Å². The zero-order valence-electron chi connectivity index (χ0n) is 6.62. The van der Waals surface area contributed by atoms with Crippen LogP contribution in [0.3, 0.4) is 0 Å². The van der Waals surface area contributed by atoms with Gasteiger partial charge in [0, 0.05) is 19.0 Å². The molecular formula is C7H11IN2O2. The van der Waals surface area contributed by atoms with Gasteiger partial charge in [0.25, 0.3) is 0 Å². The molecule has 1 aliphatic heterocycles. The number of primary amides is 1. The first-order chi connectivity index (χ1) is 5.61. The van der Waals surface area contributed by atoms with E-state index in [1.54, 1.807) is 4.90 Å². The molecule has 0 aromatic carbocycles. The number of halogens is 1. The smallest absolute Gasteiger partial charge is 0.314 e. The summed E-state index contributed by atoms with van der Waals surface area (Å²) in [4.78, 5) is 23.2. The first kappa shape index (κ1) is 9.76. The van der Waals surface area contributed by atoms with E-state index in [-0.39, 0.29) is 15.7 Å². The predicted octanol–water partition coefficient (Wildman–Crippen LogP) is 0.739. The summed E-state index contributed by atoms with van der Waals surface area (Å²) in [6, 6.07) is -0.380. The third-order valence-corrected chi connectivity index (χ3v) is 3.01. The zero-order valence-corrected chi connectivity index (χ0v) is 8.78. The lowest BCUT2D eigenvalue weighted by atomic mass is 9.99. The predicted molar refractivity (Wildman–Crippen MR) is 52.9 cm³/mol. The van der Waals surface area contributed by atoms with Crippen LogP contribution in [0.15, 0.2) is 0 Å². The van der Waals surface area contributed by atoms with Crippen molar-refractivity contribution < 1.29 is 9.59 Å². The lowest BCUT2D eigenvalue weighted by Gasteiger charge is -2.28. The van der Waals surface area contributed by atoms with Gasteiger partial charge in [-0.05, 0) is 35.4 Å². The first-order valence-corrected chi connectivity index (χ1v) is 4.93. The van der Waals surface area contributed by atoms with E-state index in [1.807, 2.05) is 22.6 Å². The van der Waals surface area contributed by atoms with E-state index in [9.17, 15) is 9.59 Å². The highest BCUT2D eigenvalue weighted by molar-refractivity contribution is 14.1. The summed E-state index contributed by atoms with van der Waals surface area (Å²) in [5.41, 5.74) is 5.09. The molecule has 1 aliphatic rings.